The Morgan fingerprint density at radius 3 is 2.88 bits per heavy atom. The summed E-state index contributed by atoms with van der Waals surface area (Å²) in [6.07, 6.45) is 8.67. The minimum Gasteiger partial charge on any atom is -0.481 e. The van der Waals surface area contributed by atoms with Gasteiger partial charge in [-0.2, -0.15) is 0 Å². The average molecular weight is 241 g/mol. The van der Waals surface area contributed by atoms with Crippen LogP contribution in [0, 0.1) is 17.8 Å². The monoisotopic (exact) mass is 241 g/mol. The molecule has 0 bridgehead atoms. The van der Waals surface area contributed by atoms with Crippen molar-refractivity contribution >= 4 is 5.97 Å². The zero-order valence-corrected chi connectivity index (χ0v) is 10.8. The molecular formula is C14H25O3. The van der Waals surface area contributed by atoms with Gasteiger partial charge >= 0.3 is 5.97 Å². The lowest BCUT2D eigenvalue weighted by Crippen LogP contribution is -2.19. The first-order chi connectivity index (χ1) is 8.15. The summed E-state index contributed by atoms with van der Waals surface area (Å²) in [7, 11) is 0. The van der Waals surface area contributed by atoms with Gasteiger partial charge < -0.3 is 10.2 Å². The molecule has 0 aromatic carbocycles. The topological polar surface area (TPSA) is 57.5 Å². The first-order valence-electron chi connectivity index (χ1n) is 6.83. The minimum atomic E-state index is -0.687. The molecular weight excluding hydrogens is 216 g/mol. The van der Waals surface area contributed by atoms with Gasteiger partial charge in [0.1, 0.15) is 0 Å². The van der Waals surface area contributed by atoms with Gasteiger partial charge in [0.2, 0.25) is 0 Å². The minimum absolute atomic E-state index is 0.222. The third-order valence-electron chi connectivity index (χ3n) is 3.92. The van der Waals surface area contributed by atoms with Gasteiger partial charge in [-0.25, -0.2) is 0 Å². The van der Waals surface area contributed by atoms with Crippen molar-refractivity contribution in [1.82, 2.24) is 0 Å². The van der Waals surface area contributed by atoms with Crippen LogP contribution in [0.1, 0.15) is 58.3 Å². The Morgan fingerprint density at radius 1 is 1.47 bits per heavy atom. The predicted octanol–water partition coefficient (Wildman–Crippen LogP) is 3.02. The molecule has 1 aliphatic carbocycles. The lowest BCUT2D eigenvalue weighted by atomic mass is 9.75. The number of hydrogen-bond donors (Lipinski definition) is 2. The Bertz CT molecular complexity index is 226. The molecule has 0 amide bonds. The summed E-state index contributed by atoms with van der Waals surface area (Å²) in [4.78, 5) is 10.7. The first-order valence-corrected chi connectivity index (χ1v) is 6.83. The molecule has 0 saturated heterocycles. The standard InChI is InChI=1S/C14H25O3/c1-11(14(16)17)5-4-8-12-6-2-3-7-13(12)9-10-15/h11-12,15H,2-10H2,1H3,(H,16,17). The second kappa shape index (κ2) is 7.70. The molecule has 0 aromatic rings. The van der Waals surface area contributed by atoms with Crippen LogP contribution in [0.25, 0.3) is 0 Å². The van der Waals surface area contributed by atoms with E-state index in [-0.39, 0.29) is 12.5 Å². The molecule has 2 atom stereocenters. The van der Waals surface area contributed by atoms with E-state index in [1.165, 1.54) is 31.6 Å². The maximum Gasteiger partial charge on any atom is 0.306 e. The molecule has 0 aliphatic heterocycles. The number of carboxylic acid groups (broad SMARTS) is 1. The Balaban J connectivity index is 2.25. The van der Waals surface area contributed by atoms with E-state index in [0.29, 0.717) is 5.92 Å². The van der Waals surface area contributed by atoms with E-state index in [0.717, 1.165) is 25.7 Å². The first kappa shape index (κ1) is 14.5. The van der Waals surface area contributed by atoms with Crippen molar-refractivity contribution in [3.8, 4) is 0 Å². The number of aliphatic hydroxyl groups is 1. The molecule has 3 heteroatoms. The van der Waals surface area contributed by atoms with Crippen LogP contribution in [0.4, 0.5) is 0 Å². The fourth-order valence-electron chi connectivity index (χ4n) is 2.77. The van der Waals surface area contributed by atoms with Crippen molar-refractivity contribution in [2.75, 3.05) is 6.61 Å². The molecule has 1 fully saturated rings. The molecule has 3 nitrogen and oxygen atoms in total. The molecule has 1 rings (SSSR count). The van der Waals surface area contributed by atoms with Crippen molar-refractivity contribution in [1.29, 1.82) is 0 Å². The molecule has 2 unspecified atom stereocenters. The van der Waals surface area contributed by atoms with E-state index >= 15 is 0 Å². The van der Waals surface area contributed by atoms with Crippen LogP contribution in [-0.2, 0) is 4.79 Å². The zero-order valence-electron chi connectivity index (χ0n) is 10.8. The molecule has 1 saturated carbocycles. The van der Waals surface area contributed by atoms with E-state index in [1.807, 2.05) is 0 Å². The van der Waals surface area contributed by atoms with Gasteiger partial charge in [-0.15, -0.1) is 0 Å². The number of carbonyl (C=O) groups is 1. The average Bonchev–Trinajstić information content (AvgIpc) is 2.31. The summed E-state index contributed by atoms with van der Waals surface area (Å²) in [6.45, 7) is 2.04. The largest absolute Gasteiger partial charge is 0.481 e. The third kappa shape index (κ3) is 5.07. The summed E-state index contributed by atoms with van der Waals surface area (Å²) >= 11 is 0. The summed E-state index contributed by atoms with van der Waals surface area (Å²) in [6, 6.07) is 0. The van der Waals surface area contributed by atoms with Crippen LogP contribution in [0.2, 0.25) is 0 Å². The van der Waals surface area contributed by atoms with Gasteiger partial charge in [0.05, 0.1) is 5.92 Å². The van der Waals surface area contributed by atoms with Crippen molar-refractivity contribution in [2.45, 2.75) is 58.3 Å². The second-order valence-electron chi connectivity index (χ2n) is 5.24. The molecule has 2 N–H and O–H groups in total. The third-order valence-corrected chi connectivity index (χ3v) is 3.92. The number of carboxylic acids is 1. The molecule has 17 heavy (non-hydrogen) atoms. The zero-order chi connectivity index (χ0) is 12.7. The Kier molecular flexibility index (Phi) is 6.56. The van der Waals surface area contributed by atoms with E-state index in [4.69, 9.17) is 10.2 Å². The highest BCUT2D eigenvalue weighted by Crippen LogP contribution is 2.37. The molecule has 0 heterocycles. The fraction of sp³-hybridized carbons (Fsp3) is 0.857. The number of hydrogen-bond acceptors (Lipinski definition) is 2. The van der Waals surface area contributed by atoms with E-state index in [9.17, 15) is 4.79 Å². The molecule has 0 spiro atoms. The van der Waals surface area contributed by atoms with E-state index in [1.54, 1.807) is 6.92 Å². The van der Waals surface area contributed by atoms with Crippen molar-refractivity contribution < 1.29 is 15.0 Å². The van der Waals surface area contributed by atoms with Crippen LogP contribution >= 0.6 is 0 Å². The van der Waals surface area contributed by atoms with Gasteiger partial charge in [-0.1, -0.05) is 26.2 Å². The Hall–Kier alpha value is -0.570. The van der Waals surface area contributed by atoms with E-state index in [2.05, 4.69) is 0 Å². The summed E-state index contributed by atoms with van der Waals surface area (Å²) < 4.78 is 0. The van der Waals surface area contributed by atoms with Crippen LogP contribution in [0.15, 0.2) is 0 Å². The normalized spacial score (nSPS) is 23.5. The summed E-state index contributed by atoms with van der Waals surface area (Å²) in [5, 5.41) is 17.8. The molecule has 99 valence electrons. The van der Waals surface area contributed by atoms with Gasteiger partial charge in [-0.3, -0.25) is 4.79 Å². The van der Waals surface area contributed by atoms with Crippen LogP contribution in [0.3, 0.4) is 0 Å². The predicted molar refractivity (Wildman–Crippen MR) is 67.6 cm³/mol. The van der Waals surface area contributed by atoms with Crippen molar-refractivity contribution in [2.24, 2.45) is 11.8 Å². The fourth-order valence-corrected chi connectivity index (χ4v) is 2.77. The Labute approximate surface area is 104 Å². The van der Waals surface area contributed by atoms with Crippen LogP contribution in [-0.4, -0.2) is 22.8 Å². The highest BCUT2D eigenvalue weighted by Gasteiger charge is 2.25. The SMILES string of the molecule is CC(CCCC1CCCC[C]1CCO)C(=O)O. The molecule has 0 aromatic heterocycles. The summed E-state index contributed by atoms with van der Waals surface area (Å²) in [5.74, 6) is 1.24. The van der Waals surface area contributed by atoms with Gasteiger partial charge in [0.15, 0.2) is 0 Å². The lowest BCUT2D eigenvalue weighted by molar-refractivity contribution is -0.141. The molecule has 1 radical (unpaired) electrons. The highest BCUT2D eigenvalue weighted by molar-refractivity contribution is 5.69. The highest BCUT2D eigenvalue weighted by atomic mass is 16.4. The van der Waals surface area contributed by atoms with Gasteiger partial charge in [0, 0.05) is 6.61 Å². The maximum atomic E-state index is 10.7. The smallest absolute Gasteiger partial charge is 0.306 e. The summed E-state index contributed by atoms with van der Waals surface area (Å²) in [5.41, 5.74) is 0. The van der Waals surface area contributed by atoms with Crippen LogP contribution < -0.4 is 0 Å². The number of aliphatic carboxylic acids is 1. The van der Waals surface area contributed by atoms with Crippen molar-refractivity contribution in [3.05, 3.63) is 5.92 Å². The maximum absolute atomic E-state index is 10.7. The van der Waals surface area contributed by atoms with Gasteiger partial charge in [0.25, 0.3) is 0 Å². The van der Waals surface area contributed by atoms with Crippen molar-refractivity contribution in [3.63, 3.8) is 0 Å². The second-order valence-corrected chi connectivity index (χ2v) is 5.24. The number of rotatable bonds is 7. The van der Waals surface area contributed by atoms with Crippen LogP contribution in [0.5, 0.6) is 0 Å². The number of aliphatic hydroxyl groups excluding tert-OH is 1. The Morgan fingerprint density at radius 2 is 2.24 bits per heavy atom. The quantitative estimate of drug-likeness (QED) is 0.720. The van der Waals surface area contributed by atoms with E-state index < -0.39 is 5.97 Å². The lowest BCUT2D eigenvalue weighted by Gasteiger charge is -2.31. The molecule has 1 aliphatic rings. The van der Waals surface area contributed by atoms with Gasteiger partial charge in [-0.05, 0) is 43.9 Å².